The van der Waals surface area contributed by atoms with Gasteiger partial charge in [-0.15, -0.1) is 0 Å². The molecule has 0 aliphatic carbocycles. The molecule has 0 saturated carbocycles. The molecular weight excluding hydrogens is 216 g/mol. The van der Waals surface area contributed by atoms with Gasteiger partial charge in [0.05, 0.1) is 12.1 Å². The number of nitrogens with one attached hydrogen (secondary N) is 1. The molecule has 0 radical (unpaired) electrons. The number of aromatic nitrogens is 2. The Balaban J connectivity index is 2.52. The number of aliphatic hydroxyl groups is 1. The van der Waals surface area contributed by atoms with E-state index in [9.17, 15) is 0 Å². The molecule has 0 aliphatic heterocycles. The van der Waals surface area contributed by atoms with E-state index in [0.717, 1.165) is 16.7 Å². The molecule has 5 heteroatoms. The number of para-hydroxylation sites is 1. The van der Waals surface area contributed by atoms with E-state index in [1.165, 1.54) is 0 Å². The van der Waals surface area contributed by atoms with Gasteiger partial charge in [-0.1, -0.05) is 12.1 Å². The van der Waals surface area contributed by atoms with Gasteiger partial charge in [-0.25, -0.2) is 4.98 Å². The molecule has 0 fully saturated rings. The number of hydrogen-bond donors (Lipinski definition) is 2. The Bertz CT molecular complexity index is 513. The molecule has 1 aromatic heterocycles. The van der Waals surface area contributed by atoms with Crippen LogP contribution in [-0.2, 0) is 0 Å². The van der Waals surface area contributed by atoms with Gasteiger partial charge in [0, 0.05) is 26.0 Å². The molecule has 2 rings (SSSR count). The first-order valence-corrected chi connectivity index (χ1v) is 5.51. The molecular formula is C12H16N4O. The summed E-state index contributed by atoms with van der Waals surface area (Å²) in [6.45, 7) is 0.559. The van der Waals surface area contributed by atoms with Crippen LogP contribution in [0.5, 0.6) is 0 Å². The molecule has 90 valence electrons. The van der Waals surface area contributed by atoms with Gasteiger partial charge in [-0.05, 0) is 12.1 Å². The maximum absolute atomic E-state index is 8.86. The van der Waals surface area contributed by atoms with Crippen molar-refractivity contribution in [3.8, 4) is 0 Å². The van der Waals surface area contributed by atoms with E-state index in [1.807, 2.05) is 43.3 Å². The Labute approximate surface area is 100 Å². The second kappa shape index (κ2) is 4.97. The molecule has 0 amide bonds. The van der Waals surface area contributed by atoms with Crippen LogP contribution in [0, 0.1) is 0 Å². The number of hydrogen-bond acceptors (Lipinski definition) is 5. The fourth-order valence-electron chi connectivity index (χ4n) is 1.57. The summed E-state index contributed by atoms with van der Waals surface area (Å²) in [4.78, 5) is 10.7. The number of anilines is 2. The van der Waals surface area contributed by atoms with Crippen molar-refractivity contribution in [2.75, 3.05) is 37.5 Å². The summed E-state index contributed by atoms with van der Waals surface area (Å²) in [5.74, 6) is 1.41. The van der Waals surface area contributed by atoms with Gasteiger partial charge < -0.3 is 15.3 Å². The van der Waals surface area contributed by atoms with Crippen molar-refractivity contribution in [2.45, 2.75) is 0 Å². The summed E-state index contributed by atoms with van der Waals surface area (Å²) >= 11 is 0. The minimum Gasteiger partial charge on any atom is -0.395 e. The molecule has 0 spiro atoms. The number of nitrogens with zero attached hydrogens (tertiary/aromatic N) is 3. The van der Waals surface area contributed by atoms with Crippen molar-refractivity contribution in [1.29, 1.82) is 0 Å². The smallest absolute Gasteiger partial charge is 0.227 e. The highest BCUT2D eigenvalue weighted by atomic mass is 16.3. The Morgan fingerprint density at radius 2 is 2.00 bits per heavy atom. The quantitative estimate of drug-likeness (QED) is 0.826. The van der Waals surface area contributed by atoms with Gasteiger partial charge >= 0.3 is 0 Å². The standard InChI is InChI=1S/C12H16N4O/c1-16(2)12-14-10-6-4-3-5-9(10)11(15-12)13-7-8-17/h3-6,17H,7-8H2,1-2H3,(H,13,14,15). The average Bonchev–Trinajstić information content (AvgIpc) is 2.35. The summed E-state index contributed by atoms with van der Waals surface area (Å²) in [6, 6.07) is 7.82. The second-order valence-electron chi connectivity index (χ2n) is 3.93. The largest absolute Gasteiger partial charge is 0.395 e. The van der Waals surface area contributed by atoms with Gasteiger partial charge in [0.15, 0.2) is 0 Å². The summed E-state index contributed by atoms with van der Waals surface area (Å²) in [5.41, 5.74) is 0.895. The van der Waals surface area contributed by atoms with E-state index in [2.05, 4.69) is 15.3 Å². The van der Waals surface area contributed by atoms with E-state index in [-0.39, 0.29) is 6.61 Å². The lowest BCUT2D eigenvalue weighted by molar-refractivity contribution is 0.311. The van der Waals surface area contributed by atoms with Crippen molar-refractivity contribution >= 4 is 22.7 Å². The van der Waals surface area contributed by atoms with E-state index < -0.39 is 0 Å². The molecule has 1 heterocycles. The number of benzene rings is 1. The minimum atomic E-state index is 0.0790. The first kappa shape index (κ1) is 11.6. The second-order valence-corrected chi connectivity index (χ2v) is 3.93. The van der Waals surface area contributed by atoms with Crippen molar-refractivity contribution in [3.63, 3.8) is 0 Å². The van der Waals surface area contributed by atoms with Gasteiger partial charge in [-0.3, -0.25) is 0 Å². The fraction of sp³-hybridized carbons (Fsp3) is 0.333. The third-order valence-electron chi connectivity index (χ3n) is 2.40. The highest BCUT2D eigenvalue weighted by Gasteiger charge is 2.07. The zero-order valence-corrected chi connectivity index (χ0v) is 10.0. The first-order chi connectivity index (χ1) is 8.22. The molecule has 0 aliphatic rings. The maximum atomic E-state index is 8.86. The van der Waals surface area contributed by atoms with Crippen molar-refractivity contribution in [2.24, 2.45) is 0 Å². The molecule has 17 heavy (non-hydrogen) atoms. The van der Waals surface area contributed by atoms with Crippen LogP contribution in [0.3, 0.4) is 0 Å². The van der Waals surface area contributed by atoms with Gasteiger partial charge in [0.2, 0.25) is 5.95 Å². The number of aliphatic hydroxyl groups excluding tert-OH is 1. The lowest BCUT2D eigenvalue weighted by Gasteiger charge is -2.14. The summed E-state index contributed by atoms with van der Waals surface area (Å²) < 4.78 is 0. The van der Waals surface area contributed by atoms with E-state index in [0.29, 0.717) is 12.5 Å². The lowest BCUT2D eigenvalue weighted by atomic mass is 10.2. The predicted octanol–water partition coefficient (Wildman–Crippen LogP) is 1.10. The summed E-state index contributed by atoms with van der Waals surface area (Å²) in [6.07, 6.45) is 0. The van der Waals surface area contributed by atoms with Crippen LogP contribution in [0.4, 0.5) is 11.8 Å². The van der Waals surface area contributed by atoms with E-state index >= 15 is 0 Å². The molecule has 2 N–H and O–H groups in total. The molecule has 0 unspecified atom stereocenters. The Hall–Kier alpha value is -1.88. The average molecular weight is 232 g/mol. The van der Waals surface area contributed by atoms with Crippen LogP contribution in [0.1, 0.15) is 0 Å². The number of fused-ring (bicyclic) bond motifs is 1. The van der Waals surface area contributed by atoms with Crippen LogP contribution < -0.4 is 10.2 Å². The monoisotopic (exact) mass is 232 g/mol. The van der Waals surface area contributed by atoms with Crippen molar-refractivity contribution in [3.05, 3.63) is 24.3 Å². The van der Waals surface area contributed by atoms with Gasteiger partial charge in [-0.2, -0.15) is 4.98 Å². The summed E-state index contributed by atoms with van der Waals surface area (Å²) in [5, 5.41) is 12.9. The lowest BCUT2D eigenvalue weighted by Crippen LogP contribution is -2.15. The van der Waals surface area contributed by atoms with Crippen LogP contribution in [0.25, 0.3) is 10.9 Å². The van der Waals surface area contributed by atoms with E-state index in [1.54, 1.807) is 0 Å². The predicted molar refractivity (Wildman–Crippen MR) is 69.4 cm³/mol. The zero-order chi connectivity index (χ0) is 12.3. The highest BCUT2D eigenvalue weighted by Crippen LogP contribution is 2.22. The van der Waals surface area contributed by atoms with Crippen LogP contribution in [0.2, 0.25) is 0 Å². The van der Waals surface area contributed by atoms with Crippen LogP contribution in [0.15, 0.2) is 24.3 Å². The SMILES string of the molecule is CN(C)c1nc(NCCO)c2ccccc2n1. The molecule has 0 atom stereocenters. The molecule has 5 nitrogen and oxygen atoms in total. The molecule has 0 saturated heterocycles. The Kier molecular flexibility index (Phi) is 3.39. The zero-order valence-electron chi connectivity index (χ0n) is 10.0. The van der Waals surface area contributed by atoms with E-state index in [4.69, 9.17) is 5.11 Å². The Morgan fingerprint density at radius 1 is 1.24 bits per heavy atom. The van der Waals surface area contributed by atoms with Crippen LogP contribution >= 0.6 is 0 Å². The minimum absolute atomic E-state index is 0.0790. The highest BCUT2D eigenvalue weighted by molar-refractivity contribution is 5.90. The molecule has 2 aromatic rings. The van der Waals surface area contributed by atoms with Crippen LogP contribution in [-0.4, -0.2) is 42.3 Å². The Morgan fingerprint density at radius 3 is 2.71 bits per heavy atom. The molecule has 1 aromatic carbocycles. The van der Waals surface area contributed by atoms with Gasteiger partial charge in [0.25, 0.3) is 0 Å². The van der Waals surface area contributed by atoms with Crippen molar-refractivity contribution < 1.29 is 5.11 Å². The third-order valence-corrected chi connectivity index (χ3v) is 2.40. The van der Waals surface area contributed by atoms with Gasteiger partial charge in [0.1, 0.15) is 5.82 Å². The third kappa shape index (κ3) is 2.45. The van der Waals surface area contributed by atoms with Crippen molar-refractivity contribution in [1.82, 2.24) is 9.97 Å². The fourth-order valence-corrected chi connectivity index (χ4v) is 1.57. The topological polar surface area (TPSA) is 61.3 Å². The first-order valence-electron chi connectivity index (χ1n) is 5.51. The molecule has 0 bridgehead atoms. The normalized spacial score (nSPS) is 10.5. The summed E-state index contributed by atoms with van der Waals surface area (Å²) in [7, 11) is 3.81. The maximum Gasteiger partial charge on any atom is 0.227 e. The number of rotatable bonds is 4.